The second-order valence-corrected chi connectivity index (χ2v) is 4.53. The van der Waals surface area contributed by atoms with Crippen LogP contribution < -0.4 is 5.32 Å². The van der Waals surface area contributed by atoms with Gasteiger partial charge >= 0.3 is 0 Å². The van der Waals surface area contributed by atoms with Gasteiger partial charge in [-0.3, -0.25) is 4.79 Å². The lowest BCUT2D eigenvalue weighted by atomic mass is 10.2. The molecular formula is C11H7BrClN3O. The topological polar surface area (TPSA) is 54.9 Å². The molecule has 2 rings (SSSR count). The van der Waals surface area contributed by atoms with E-state index in [1.807, 2.05) is 0 Å². The zero-order valence-corrected chi connectivity index (χ0v) is 10.9. The molecular weight excluding hydrogens is 305 g/mol. The van der Waals surface area contributed by atoms with E-state index in [0.29, 0.717) is 16.3 Å². The summed E-state index contributed by atoms with van der Waals surface area (Å²) in [6.07, 6.45) is 2.85. The van der Waals surface area contributed by atoms with E-state index >= 15 is 0 Å². The first-order valence-corrected chi connectivity index (χ1v) is 5.87. The van der Waals surface area contributed by atoms with Crippen LogP contribution in [0.5, 0.6) is 0 Å². The van der Waals surface area contributed by atoms with Crippen LogP contribution in [-0.4, -0.2) is 16.1 Å². The number of anilines is 1. The lowest BCUT2D eigenvalue weighted by Crippen LogP contribution is -2.12. The zero-order valence-electron chi connectivity index (χ0n) is 8.52. The van der Waals surface area contributed by atoms with Crippen molar-refractivity contribution >= 4 is 39.1 Å². The van der Waals surface area contributed by atoms with Crippen molar-refractivity contribution in [1.82, 2.24) is 10.2 Å². The van der Waals surface area contributed by atoms with E-state index in [2.05, 4.69) is 31.4 Å². The average molecular weight is 313 g/mol. The Labute approximate surface area is 111 Å². The number of nitrogens with one attached hydrogen (secondary N) is 1. The fraction of sp³-hybridized carbons (Fsp3) is 0. The van der Waals surface area contributed by atoms with Gasteiger partial charge in [0.25, 0.3) is 5.91 Å². The molecule has 2 aromatic rings. The van der Waals surface area contributed by atoms with Crippen LogP contribution in [0.1, 0.15) is 10.4 Å². The Morgan fingerprint density at radius 2 is 2.12 bits per heavy atom. The molecule has 0 aliphatic heterocycles. The number of carbonyl (C=O) groups excluding carboxylic acids is 1. The zero-order chi connectivity index (χ0) is 12.3. The molecule has 0 aliphatic carbocycles. The summed E-state index contributed by atoms with van der Waals surface area (Å²) in [7, 11) is 0. The van der Waals surface area contributed by atoms with Crippen LogP contribution in [0, 0.1) is 0 Å². The Kier molecular flexibility index (Phi) is 3.71. The number of halogens is 2. The summed E-state index contributed by atoms with van der Waals surface area (Å²) in [5.74, 6) is -0.278. The molecule has 0 spiro atoms. The smallest absolute Gasteiger partial charge is 0.257 e. The number of hydrogen-bond donors (Lipinski definition) is 1. The maximum absolute atomic E-state index is 11.8. The number of rotatable bonds is 2. The minimum Gasteiger partial charge on any atom is -0.321 e. The minimum absolute atomic E-state index is 0.278. The van der Waals surface area contributed by atoms with E-state index in [9.17, 15) is 4.79 Å². The summed E-state index contributed by atoms with van der Waals surface area (Å²) < 4.78 is 0.838. The molecule has 4 nitrogen and oxygen atoms in total. The molecule has 0 saturated heterocycles. The van der Waals surface area contributed by atoms with E-state index in [0.717, 1.165) is 4.47 Å². The predicted octanol–water partition coefficient (Wildman–Crippen LogP) is 3.14. The van der Waals surface area contributed by atoms with Gasteiger partial charge in [0, 0.05) is 4.47 Å². The summed E-state index contributed by atoms with van der Waals surface area (Å²) in [5.41, 5.74) is 0.971. The minimum atomic E-state index is -0.278. The standard InChI is InChI=1S/C11H7BrClN3O/c12-8-1-2-9(13)10(5-8)16-11(17)7-3-4-14-15-6-7/h1-6H,(H,16,17). The molecule has 0 saturated carbocycles. The van der Waals surface area contributed by atoms with Crippen LogP contribution in [0.4, 0.5) is 5.69 Å². The number of nitrogens with zero attached hydrogens (tertiary/aromatic N) is 2. The van der Waals surface area contributed by atoms with Gasteiger partial charge in [-0.25, -0.2) is 0 Å². The van der Waals surface area contributed by atoms with Crippen LogP contribution in [0.2, 0.25) is 5.02 Å². The predicted molar refractivity (Wildman–Crippen MR) is 69.1 cm³/mol. The molecule has 1 amide bonds. The third-order valence-corrected chi connectivity index (χ3v) is 2.85. The molecule has 1 aromatic carbocycles. The van der Waals surface area contributed by atoms with Crippen LogP contribution in [0.3, 0.4) is 0 Å². The molecule has 0 unspecified atom stereocenters. The molecule has 0 fully saturated rings. The van der Waals surface area contributed by atoms with Crippen LogP contribution in [0.25, 0.3) is 0 Å². The molecule has 17 heavy (non-hydrogen) atoms. The summed E-state index contributed by atoms with van der Waals surface area (Å²) >= 11 is 9.27. The fourth-order valence-corrected chi connectivity index (χ4v) is 1.74. The summed E-state index contributed by atoms with van der Waals surface area (Å²) in [5, 5.41) is 10.4. The third-order valence-electron chi connectivity index (χ3n) is 2.02. The highest BCUT2D eigenvalue weighted by Gasteiger charge is 2.08. The Bertz CT molecular complexity index is 548. The van der Waals surface area contributed by atoms with Gasteiger partial charge in [0.1, 0.15) is 0 Å². The van der Waals surface area contributed by atoms with Crippen molar-refractivity contribution in [3.05, 3.63) is 51.7 Å². The first-order valence-electron chi connectivity index (χ1n) is 4.70. The molecule has 0 aliphatic rings. The van der Waals surface area contributed by atoms with Crippen molar-refractivity contribution in [2.45, 2.75) is 0 Å². The maximum Gasteiger partial charge on any atom is 0.257 e. The van der Waals surface area contributed by atoms with Crippen LogP contribution >= 0.6 is 27.5 Å². The van der Waals surface area contributed by atoms with Gasteiger partial charge < -0.3 is 5.32 Å². The van der Waals surface area contributed by atoms with E-state index < -0.39 is 0 Å². The van der Waals surface area contributed by atoms with Crippen molar-refractivity contribution < 1.29 is 4.79 Å². The molecule has 1 aromatic heterocycles. The van der Waals surface area contributed by atoms with Crippen molar-refractivity contribution in [3.63, 3.8) is 0 Å². The number of amides is 1. The molecule has 0 radical (unpaired) electrons. The van der Waals surface area contributed by atoms with Crippen molar-refractivity contribution in [1.29, 1.82) is 0 Å². The second-order valence-electron chi connectivity index (χ2n) is 3.21. The van der Waals surface area contributed by atoms with Gasteiger partial charge in [-0.05, 0) is 24.3 Å². The first-order chi connectivity index (χ1) is 8.16. The van der Waals surface area contributed by atoms with E-state index in [1.165, 1.54) is 12.4 Å². The highest BCUT2D eigenvalue weighted by Crippen LogP contribution is 2.25. The highest BCUT2D eigenvalue weighted by atomic mass is 79.9. The van der Waals surface area contributed by atoms with Gasteiger partial charge in [0.2, 0.25) is 0 Å². The largest absolute Gasteiger partial charge is 0.321 e. The highest BCUT2D eigenvalue weighted by molar-refractivity contribution is 9.10. The van der Waals surface area contributed by atoms with Gasteiger partial charge in [0.05, 0.1) is 28.7 Å². The number of benzene rings is 1. The van der Waals surface area contributed by atoms with E-state index in [1.54, 1.807) is 24.3 Å². The summed E-state index contributed by atoms with van der Waals surface area (Å²) in [6, 6.07) is 6.81. The number of aromatic nitrogens is 2. The quantitative estimate of drug-likeness (QED) is 0.927. The average Bonchev–Trinajstić information content (AvgIpc) is 2.35. The van der Waals surface area contributed by atoms with Gasteiger partial charge in [-0.15, -0.1) is 0 Å². The molecule has 1 N–H and O–H groups in total. The maximum atomic E-state index is 11.8. The van der Waals surface area contributed by atoms with Gasteiger partial charge in [-0.2, -0.15) is 10.2 Å². The molecule has 86 valence electrons. The number of hydrogen-bond acceptors (Lipinski definition) is 3. The summed E-state index contributed by atoms with van der Waals surface area (Å²) in [6.45, 7) is 0. The van der Waals surface area contributed by atoms with E-state index in [4.69, 9.17) is 11.6 Å². The lowest BCUT2D eigenvalue weighted by molar-refractivity contribution is 0.102. The molecule has 6 heteroatoms. The van der Waals surface area contributed by atoms with Crippen molar-refractivity contribution in [2.24, 2.45) is 0 Å². The summed E-state index contributed by atoms with van der Waals surface area (Å²) in [4.78, 5) is 11.8. The number of carbonyl (C=O) groups is 1. The van der Waals surface area contributed by atoms with Crippen LogP contribution in [-0.2, 0) is 0 Å². The lowest BCUT2D eigenvalue weighted by Gasteiger charge is -2.07. The SMILES string of the molecule is O=C(Nc1cc(Br)ccc1Cl)c1ccnnc1. The molecule has 0 bridgehead atoms. The third kappa shape index (κ3) is 3.01. The van der Waals surface area contributed by atoms with E-state index in [-0.39, 0.29) is 5.91 Å². The fourth-order valence-electron chi connectivity index (χ4n) is 1.21. The first kappa shape index (κ1) is 12.0. The molecule has 1 heterocycles. The van der Waals surface area contributed by atoms with Crippen molar-refractivity contribution in [3.8, 4) is 0 Å². The molecule has 0 atom stereocenters. The second kappa shape index (κ2) is 5.25. The Morgan fingerprint density at radius 3 is 2.82 bits per heavy atom. The Balaban J connectivity index is 2.22. The van der Waals surface area contributed by atoms with Gasteiger partial charge in [0.15, 0.2) is 0 Å². The van der Waals surface area contributed by atoms with Gasteiger partial charge in [-0.1, -0.05) is 27.5 Å². The normalized spacial score (nSPS) is 10.0. The Morgan fingerprint density at radius 1 is 1.29 bits per heavy atom. The van der Waals surface area contributed by atoms with Crippen LogP contribution in [0.15, 0.2) is 41.1 Å². The monoisotopic (exact) mass is 311 g/mol. The Hall–Kier alpha value is -1.46. The van der Waals surface area contributed by atoms with Crippen molar-refractivity contribution in [2.75, 3.05) is 5.32 Å².